The average Bonchev–Trinajstić information content (AvgIpc) is 3.60. The highest BCUT2D eigenvalue weighted by molar-refractivity contribution is 7.13. The van der Waals surface area contributed by atoms with Crippen LogP contribution in [0.4, 0.5) is 10.5 Å². The molecule has 4 heterocycles. The van der Waals surface area contributed by atoms with Crippen LogP contribution in [0.2, 0.25) is 0 Å². The van der Waals surface area contributed by atoms with Gasteiger partial charge in [0.25, 0.3) is 5.91 Å². The summed E-state index contributed by atoms with van der Waals surface area (Å²) in [5, 5.41) is 16.2. The Kier molecular flexibility index (Phi) is 6.96. The van der Waals surface area contributed by atoms with Gasteiger partial charge in [-0.15, -0.1) is 11.3 Å². The lowest BCUT2D eigenvalue weighted by atomic mass is 10.2. The number of nitrogens with one attached hydrogen (secondary N) is 2. The molecule has 1 unspecified atom stereocenters. The van der Waals surface area contributed by atoms with Crippen molar-refractivity contribution in [3.8, 4) is 10.6 Å². The Balaban J connectivity index is 1.37. The predicted octanol–water partition coefficient (Wildman–Crippen LogP) is 2.76. The van der Waals surface area contributed by atoms with Crippen LogP contribution in [0.3, 0.4) is 0 Å². The first kappa shape index (κ1) is 23.5. The van der Waals surface area contributed by atoms with Gasteiger partial charge < -0.3 is 19.9 Å². The van der Waals surface area contributed by atoms with E-state index in [2.05, 4.69) is 20.6 Å². The second-order valence-electron chi connectivity index (χ2n) is 7.89. The van der Waals surface area contributed by atoms with E-state index >= 15 is 0 Å². The minimum absolute atomic E-state index is 0.100. The lowest BCUT2D eigenvalue weighted by molar-refractivity contribution is -0.136. The molecule has 34 heavy (non-hydrogen) atoms. The second kappa shape index (κ2) is 10.1. The van der Waals surface area contributed by atoms with Gasteiger partial charge in [0.15, 0.2) is 5.69 Å². The summed E-state index contributed by atoms with van der Waals surface area (Å²) in [5.41, 5.74) is 2.14. The summed E-state index contributed by atoms with van der Waals surface area (Å²) >= 11 is 1.55. The largest absolute Gasteiger partial charge is 0.450 e. The summed E-state index contributed by atoms with van der Waals surface area (Å²) in [5.74, 6) is -0.465. The Morgan fingerprint density at radius 1 is 1.24 bits per heavy atom. The zero-order valence-electron chi connectivity index (χ0n) is 19.3. The van der Waals surface area contributed by atoms with Crippen molar-refractivity contribution < 1.29 is 19.1 Å². The molecule has 3 amide bonds. The number of amides is 3. The van der Waals surface area contributed by atoms with Gasteiger partial charge in [0, 0.05) is 32.4 Å². The second-order valence-corrected chi connectivity index (χ2v) is 8.84. The van der Waals surface area contributed by atoms with Crippen LogP contribution < -0.4 is 5.32 Å². The van der Waals surface area contributed by atoms with Gasteiger partial charge >= 0.3 is 6.09 Å². The minimum Gasteiger partial charge on any atom is -0.450 e. The van der Waals surface area contributed by atoms with Crippen LogP contribution in [-0.2, 0) is 9.53 Å². The predicted molar refractivity (Wildman–Crippen MR) is 127 cm³/mol. The Morgan fingerprint density at radius 2 is 1.97 bits per heavy atom. The Hall–Kier alpha value is -3.67. The molecule has 0 saturated carbocycles. The van der Waals surface area contributed by atoms with Crippen LogP contribution in [0.15, 0.2) is 29.8 Å². The Labute approximate surface area is 200 Å². The maximum absolute atomic E-state index is 13.0. The van der Waals surface area contributed by atoms with Crippen LogP contribution in [0.1, 0.15) is 36.1 Å². The van der Waals surface area contributed by atoms with Crippen molar-refractivity contribution in [3.63, 3.8) is 0 Å². The number of rotatable bonds is 6. The average molecular weight is 486 g/mol. The van der Waals surface area contributed by atoms with E-state index in [1.807, 2.05) is 17.5 Å². The molecule has 4 rings (SSSR count). The summed E-state index contributed by atoms with van der Waals surface area (Å²) in [4.78, 5) is 41.9. The quantitative estimate of drug-likeness (QED) is 0.553. The van der Waals surface area contributed by atoms with Gasteiger partial charge in [-0.1, -0.05) is 6.07 Å². The monoisotopic (exact) mass is 485 g/mol. The molecule has 2 N–H and O–H groups in total. The normalized spacial score (nSPS) is 14.7. The van der Waals surface area contributed by atoms with E-state index in [1.165, 1.54) is 0 Å². The van der Waals surface area contributed by atoms with Crippen molar-refractivity contribution in [2.45, 2.75) is 26.8 Å². The van der Waals surface area contributed by atoms with Crippen molar-refractivity contribution in [1.82, 2.24) is 29.8 Å². The van der Waals surface area contributed by atoms with Crippen LogP contribution in [0.5, 0.6) is 0 Å². The third-order valence-corrected chi connectivity index (χ3v) is 6.54. The van der Waals surface area contributed by atoms with Crippen molar-refractivity contribution in [3.05, 3.63) is 41.2 Å². The van der Waals surface area contributed by atoms with Crippen molar-refractivity contribution >= 4 is 34.9 Å². The first-order chi connectivity index (χ1) is 16.4. The summed E-state index contributed by atoms with van der Waals surface area (Å²) in [6.45, 7) is 7.32. The van der Waals surface area contributed by atoms with Gasteiger partial charge in [-0.3, -0.25) is 19.4 Å². The molecular weight excluding hydrogens is 458 g/mol. The number of ether oxygens (including phenoxy) is 1. The van der Waals surface area contributed by atoms with Gasteiger partial charge in [-0.2, -0.15) is 10.2 Å². The zero-order chi connectivity index (χ0) is 24.2. The minimum atomic E-state index is -0.561. The molecule has 1 saturated heterocycles. The fourth-order valence-corrected chi connectivity index (χ4v) is 4.38. The number of thiophene rings is 1. The van der Waals surface area contributed by atoms with Crippen LogP contribution in [0.25, 0.3) is 10.6 Å². The Morgan fingerprint density at radius 3 is 2.65 bits per heavy atom. The highest BCUT2D eigenvalue weighted by atomic mass is 32.1. The molecule has 1 atom stereocenters. The smallest absolute Gasteiger partial charge is 0.409 e. The zero-order valence-corrected chi connectivity index (χ0v) is 20.1. The van der Waals surface area contributed by atoms with Crippen molar-refractivity contribution in [1.29, 1.82) is 0 Å². The number of anilines is 1. The number of aromatic nitrogens is 4. The number of aryl methyl sites for hydroxylation is 1. The topological polar surface area (TPSA) is 125 Å². The van der Waals surface area contributed by atoms with E-state index < -0.39 is 6.04 Å². The third kappa shape index (κ3) is 4.96. The first-order valence-electron chi connectivity index (χ1n) is 11.0. The lowest BCUT2D eigenvalue weighted by Gasteiger charge is -2.35. The van der Waals surface area contributed by atoms with E-state index in [0.29, 0.717) is 44.2 Å². The summed E-state index contributed by atoms with van der Waals surface area (Å²) in [6, 6.07) is 5.02. The van der Waals surface area contributed by atoms with Crippen LogP contribution >= 0.6 is 11.3 Å². The van der Waals surface area contributed by atoms with Gasteiger partial charge in [-0.25, -0.2) is 4.79 Å². The van der Waals surface area contributed by atoms with Crippen molar-refractivity contribution in [2.75, 3.05) is 38.1 Å². The number of hydrogen-bond acceptors (Lipinski definition) is 7. The molecule has 12 heteroatoms. The SMILES string of the molecule is CCOC(=O)N1CCN(C(=O)C(C)n2cc(NC(=O)c3cc(-c4cccs4)[nH]n3)c(C)n2)CC1. The molecular formula is C22H27N7O4S. The fourth-order valence-electron chi connectivity index (χ4n) is 3.69. The standard InChI is InChI=1S/C22H27N7O4S/c1-4-33-22(32)28-9-7-27(8-10-28)21(31)15(3)29-13-18(14(2)26-29)23-20(30)17-12-16(24-25-17)19-6-5-11-34-19/h5-6,11-13,15H,4,7-10H2,1-3H3,(H,23,30)(H,24,25). The number of hydrogen-bond donors (Lipinski definition) is 2. The third-order valence-electron chi connectivity index (χ3n) is 5.63. The molecule has 11 nitrogen and oxygen atoms in total. The first-order valence-corrected chi connectivity index (χ1v) is 11.9. The number of piperazine rings is 1. The number of carbonyl (C=O) groups is 3. The fraction of sp³-hybridized carbons (Fsp3) is 0.409. The molecule has 3 aromatic rings. The van der Waals surface area contributed by atoms with E-state index in [1.54, 1.807) is 58.9 Å². The van der Waals surface area contributed by atoms with Gasteiger partial charge in [0.05, 0.1) is 28.6 Å². The van der Waals surface area contributed by atoms with E-state index in [0.717, 1.165) is 10.6 Å². The molecule has 1 fully saturated rings. The van der Waals surface area contributed by atoms with Crippen LogP contribution in [0, 0.1) is 6.92 Å². The summed E-state index contributed by atoms with van der Waals surface area (Å²) in [6.07, 6.45) is 1.29. The molecule has 0 aromatic carbocycles. The molecule has 0 radical (unpaired) electrons. The molecule has 1 aliphatic heterocycles. The highest BCUT2D eigenvalue weighted by Gasteiger charge is 2.29. The molecule has 1 aliphatic rings. The van der Waals surface area contributed by atoms with Crippen LogP contribution in [-0.4, -0.2) is 80.5 Å². The number of H-pyrrole nitrogens is 1. The molecule has 180 valence electrons. The maximum atomic E-state index is 13.0. The van der Waals surface area contributed by atoms with Gasteiger partial charge in [0.1, 0.15) is 6.04 Å². The van der Waals surface area contributed by atoms with E-state index in [-0.39, 0.29) is 23.6 Å². The molecule has 3 aromatic heterocycles. The van der Waals surface area contributed by atoms with E-state index in [9.17, 15) is 14.4 Å². The highest BCUT2D eigenvalue weighted by Crippen LogP contribution is 2.24. The molecule has 0 aliphatic carbocycles. The number of nitrogens with zero attached hydrogens (tertiary/aromatic N) is 5. The summed E-state index contributed by atoms with van der Waals surface area (Å²) < 4.78 is 6.57. The van der Waals surface area contributed by atoms with Gasteiger partial charge in [-0.05, 0) is 38.3 Å². The van der Waals surface area contributed by atoms with Gasteiger partial charge in [0.2, 0.25) is 5.91 Å². The lowest BCUT2D eigenvalue weighted by Crippen LogP contribution is -2.52. The molecule has 0 spiro atoms. The summed E-state index contributed by atoms with van der Waals surface area (Å²) in [7, 11) is 0. The Bertz CT molecular complexity index is 1160. The van der Waals surface area contributed by atoms with Crippen molar-refractivity contribution in [2.24, 2.45) is 0 Å². The number of carbonyl (C=O) groups excluding carboxylic acids is 3. The maximum Gasteiger partial charge on any atom is 0.409 e. The van der Waals surface area contributed by atoms with E-state index in [4.69, 9.17) is 4.74 Å². The number of aromatic amines is 1. The molecule has 0 bridgehead atoms.